The number of hydrogen-bond acceptors (Lipinski definition) is 5. The highest BCUT2D eigenvalue weighted by molar-refractivity contribution is 5.78. The van der Waals surface area contributed by atoms with Crippen molar-refractivity contribution in [2.24, 2.45) is 11.7 Å². The maximum absolute atomic E-state index is 11.9. The average molecular weight is 285 g/mol. The number of rotatable bonds is 7. The fraction of sp³-hybridized carbons (Fsp3) is 0.857. The summed E-state index contributed by atoms with van der Waals surface area (Å²) in [6, 6.07) is 0.429. The summed E-state index contributed by atoms with van der Waals surface area (Å²) in [6.45, 7) is 4.65. The van der Waals surface area contributed by atoms with Crippen LogP contribution in [0, 0.1) is 5.92 Å². The maximum atomic E-state index is 11.9. The number of nitrogens with one attached hydrogen (secondary N) is 1. The summed E-state index contributed by atoms with van der Waals surface area (Å²) in [5, 5.41) is 2.84. The summed E-state index contributed by atoms with van der Waals surface area (Å²) in [5.74, 6) is 0.271. The molecule has 1 aliphatic heterocycles. The number of hydrogen-bond donors (Lipinski definition) is 2. The van der Waals surface area contributed by atoms with Gasteiger partial charge in [0.05, 0.1) is 13.7 Å². The molecule has 1 rings (SSSR count). The minimum absolute atomic E-state index is 0.0133. The molecule has 0 radical (unpaired) electrons. The van der Waals surface area contributed by atoms with Crippen LogP contribution in [0.2, 0.25) is 0 Å². The van der Waals surface area contributed by atoms with E-state index in [-0.39, 0.29) is 11.9 Å². The first-order valence-electron chi connectivity index (χ1n) is 7.34. The van der Waals surface area contributed by atoms with Crippen LogP contribution in [0.3, 0.4) is 0 Å². The first-order chi connectivity index (χ1) is 9.56. The average Bonchev–Trinajstić information content (AvgIpc) is 2.45. The van der Waals surface area contributed by atoms with Crippen LogP contribution in [0.1, 0.15) is 32.6 Å². The minimum Gasteiger partial charge on any atom is -0.469 e. The van der Waals surface area contributed by atoms with Gasteiger partial charge in [-0.2, -0.15) is 0 Å². The number of nitrogens with two attached hydrogens (primary N) is 1. The summed E-state index contributed by atoms with van der Waals surface area (Å²) in [4.78, 5) is 25.0. The van der Waals surface area contributed by atoms with E-state index < -0.39 is 0 Å². The molecule has 0 spiro atoms. The van der Waals surface area contributed by atoms with Crippen molar-refractivity contribution in [2.75, 3.05) is 33.3 Å². The van der Waals surface area contributed by atoms with Crippen molar-refractivity contribution in [1.29, 1.82) is 0 Å². The Kier molecular flexibility index (Phi) is 7.54. The van der Waals surface area contributed by atoms with Gasteiger partial charge in [-0.3, -0.25) is 14.5 Å². The summed E-state index contributed by atoms with van der Waals surface area (Å²) in [5.41, 5.74) is 5.71. The third kappa shape index (κ3) is 5.88. The summed E-state index contributed by atoms with van der Waals surface area (Å²) in [7, 11) is 1.37. The SMILES string of the molecule is COC(=O)CCCNC(=O)CN1CC(CN)CCC1C. The van der Waals surface area contributed by atoms with Gasteiger partial charge in [-0.1, -0.05) is 0 Å². The van der Waals surface area contributed by atoms with E-state index in [0.29, 0.717) is 44.4 Å². The van der Waals surface area contributed by atoms with Gasteiger partial charge in [0.15, 0.2) is 0 Å². The van der Waals surface area contributed by atoms with Crippen molar-refractivity contribution < 1.29 is 14.3 Å². The molecule has 2 atom stereocenters. The molecule has 0 aromatic heterocycles. The third-order valence-electron chi connectivity index (χ3n) is 3.90. The Balaban J connectivity index is 2.22. The number of nitrogens with zero attached hydrogens (tertiary/aromatic N) is 1. The van der Waals surface area contributed by atoms with Crippen LogP contribution in [-0.2, 0) is 14.3 Å². The molecule has 1 saturated heterocycles. The lowest BCUT2D eigenvalue weighted by Gasteiger charge is -2.37. The quantitative estimate of drug-likeness (QED) is 0.512. The zero-order chi connectivity index (χ0) is 15.0. The molecule has 3 N–H and O–H groups in total. The van der Waals surface area contributed by atoms with E-state index in [2.05, 4.69) is 21.9 Å². The Morgan fingerprint density at radius 3 is 2.80 bits per heavy atom. The Labute approximate surface area is 121 Å². The Morgan fingerprint density at radius 1 is 1.40 bits per heavy atom. The van der Waals surface area contributed by atoms with Gasteiger partial charge >= 0.3 is 5.97 Å². The van der Waals surface area contributed by atoms with Crippen LogP contribution in [0.4, 0.5) is 0 Å². The molecule has 1 aliphatic rings. The van der Waals surface area contributed by atoms with Gasteiger partial charge in [-0.05, 0) is 38.6 Å². The van der Waals surface area contributed by atoms with Crippen LogP contribution in [0.5, 0.6) is 0 Å². The first kappa shape index (κ1) is 16.9. The number of carbonyl (C=O) groups excluding carboxylic acids is 2. The van der Waals surface area contributed by atoms with E-state index >= 15 is 0 Å². The fourth-order valence-corrected chi connectivity index (χ4v) is 2.48. The molecule has 0 bridgehead atoms. The van der Waals surface area contributed by atoms with E-state index in [1.807, 2.05) is 0 Å². The van der Waals surface area contributed by atoms with Gasteiger partial charge in [0, 0.05) is 25.6 Å². The van der Waals surface area contributed by atoms with Crippen molar-refractivity contribution in [3.05, 3.63) is 0 Å². The van der Waals surface area contributed by atoms with E-state index in [4.69, 9.17) is 5.73 Å². The zero-order valence-corrected chi connectivity index (χ0v) is 12.6. The van der Waals surface area contributed by atoms with E-state index in [1.54, 1.807) is 0 Å². The van der Waals surface area contributed by atoms with Crippen molar-refractivity contribution in [1.82, 2.24) is 10.2 Å². The number of ether oxygens (including phenoxy) is 1. The summed E-state index contributed by atoms with van der Waals surface area (Å²) >= 11 is 0. The highest BCUT2D eigenvalue weighted by Crippen LogP contribution is 2.20. The molecule has 116 valence electrons. The molecule has 2 unspecified atom stereocenters. The molecule has 20 heavy (non-hydrogen) atoms. The number of carbonyl (C=O) groups is 2. The van der Waals surface area contributed by atoms with Gasteiger partial charge in [0.1, 0.15) is 0 Å². The molecule has 0 aromatic rings. The van der Waals surface area contributed by atoms with Gasteiger partial charge in [-0.15, -0.1) is 0 Å². The first-order valence-corrected chi connectivity index (χ1v) is 7.34. The molecular formula is C14H27N3O3. The number of likely N-dealkylation sites (tertiary alicyclic amines) is 1. The lowest BCUT2D eigenvalue weighted by Crippen LogP contribution is -2.48. The Morgan fingerprint density at radius 2 is 2.15 bits per heavy atom. The van der Waals surface area contributed by atoms with Crippen molar-refractivity contribution >= 4 is 11.9 Å². The second kappa shape index (κ2) is 8.92. The number of esters is 1. The van der Waals surface area contributed by atoms with Crippen LogP contribution >= 0.6 is 0 Å². The van der Waals surface area contributed by atoms with Crippen molar-refractivity contribution in [2.45, 2.75) is 38.6 Å². The molecule has 0 aliphatic carbocycles. The van der Waals surface area contributed by atoms with Gasteiger partial charge < -0.3 is 15.8 Å². The third-order valence-corrected chi connectivity index (χ3v) is 3.90. The largest absolute Gasteiger partial charge is 0.469 e. The predicted octanol–water partition coefficient (Wildman–Crippen LogP) is 0.115. The van der Waals surface area contributed by atoms with Crippen molar-refractivity contribution in [3.8, 4) is 0 Å². The van der Waals surface area contributed by atoms with E-state index in [0.717, 1.165) is 19.4 Å². The molecule has 0 saturated carbocycles. The smallest absolute Gasteiger partial charge is 0.305 e. The molecule has 1 fully saturated rings. The number of methoxy groups -OCH3 is 1. The highest BCUT2D eigenvalue weighted by Gasteiger charge is 2.25. The van der Waals surface area contributed by atoms with Gasteiger partial charge in [0.25, 0.3) is 0 Å². The second-order valence-corrected chi connectivity index (χ2v) is 5.49. The normalized spacial score (nSPS) is 23.4. The van der Waals surface area contributed by atoms with E-state index in [9.17, 15) is 9.59 Å². The number of amides is 1. The van der Waals surface area contributed by atoms with Crippen LogP contribution in [0.25, 0.3) is 0 Å². The fourth-order valence-electron chi connectivity index (χ4n) is 2.48. The van der Waals surface area contributed by atoms with Gasteiger partial charge in [0.2, 0.25) is 5.91 Å². The molecule has 1 heterocycles. The monoisotopic (exact) mass is 285 g/mol. The zero-order valence-electron chi connectivity index (χ0n) is 12.6. The minimum atomic E-state index is -0.241. The Bertz CT molecular complexity index is 323. The number of piperidine rings is 1. The van der Waals surface area contributed by atoms with Gasteiger partial charge in [-0.25, -0.2) is 0 Å². The second-order valence-electron chi connectivity index (χ2n) is 5.49. The topological polar surface area (TPSA) is 84.7 Å². The molecule has 6 heteroatoms. The summed E-state index contributed by atoms with van der Waals surface area (Å²) < 4.78 is 4.55. The predicted molar refractivity (Wildman–Crippen MR) is 77.1 cm³/mol. The molecule has 1 amide bonds. The lowest BCUT2D eigenvalue weighted by molar-refractivity contribution is -0.140. The summed E-state index contributed by atoms with van der Waals surface area (Å²) in [6.07, 6.45) is 3.19. The molecule has 6 nitrogen and oxygen atoms in total. The van der Waals surface area contributed by atoms with Crippen LogP contribution in [0.15, 0.2) is 0 Å². The Hall–Kier alpha value is -1.14. The van der Waals surface area contributed by atoms with E-state index in [1.165, 1.54) is 7.11 Å². The maximum Gasteiger partial charge on any atom is 0.305 e. The molecule has 0 aromatic carbocycles. The van der Waals surface area contributed by atoms with Crippen LogP contribution in [-0.4, -0.2) is 56.1 Å². The van der Waals surface area contributed by atoms with Crippen LogP contribution < -0.4 is 11.1 Å². The lowest BCUT2D eigenvalue weighted by atomic mass is 9.93. The highest BCUT2D eigenvalue weighted by atomic mass is 16.5. The standard InChI is InChI=1S/C14H27N3O3/c1-11-5-6-12(8-15)9-17(11)10-13(18)16-7-3-4-14(19)20-2/h11-12H,3-10,15H2,1-2H3,(H,16,18). The van der Waals surface area contributed by atoms with Crippen molar-refractivity contribution in [3.63, 3.8) is 0 Å². The molecular weight excluding hydrogens is 258 g/mol.